The number of nitrogens with zero attached hydrogens (tertiary/aromatic N) is 3. The first-order valence-electron chi connectivity index (χ1n) is 8.36. The number of halogens is 1. The van der Waals surface area contributed by atoms with Crippen molar-refractivity contribution in [3.63, 3.8) is 0 Å². The van der Waals surface area contributed by atoms with Crippen LogP contribution in [0.15, 0.2) is 41.0 Å². The van der Waals surface area contributed by atoms with E-state index < -0.39 is 0 Å². The highest BCUT2D eigenvalue weighted by Crippen LogP contribution is 2.41. The van der Waals surface area contributed by atoms with Crippen molar-refractivity contribution in [2.75, 3.05) is 0 Å². The molecule has 0 bridgehead atoms. The standard InChI is InChI=1S/C20H18BrN3/c1-13-10-19-15(11-17(13)21)16(12-22)20(18-8-4-5-9-23-18)24(19)14-6-2-3-7-14/h4-5,8-11,14H,2-3,6-7H2,1H3. The lowest BCUT2D eigenvalue weighted by Crippen LogP contribution is -2.07. The number of fused-ring (bicyclic) bond motifs is 1. The van der Waals surface area contributed by atoms with Gasteiger partial charge in [-0.2, -0.15) is 5.26 Å². The first kappa shape index (κ1) is 15.4. The predicted octanol–water partition coefficient (Wildman–Crippen LogP) is 5.76. The Kier molecular flexibility index (Phi) is 3.90. The average molecular weight is 380 g/mol. The van der Waals surface area contributed by atoms with E-state index in [9.17, 15) is 5.26 Å². The molecule has 0 amide bonds. The van der Waals surface area contributed by atoms with E-state index in [4.69, 9.17) is 0 Å². The van der Waals surface area contributed by atoms with Gasteiger partial charge in [0.15, 0.2) is 0 Å². The molecule has 0 spiro atoms. The van der Waals surface area contributed by atoms with Crippen molar-refractivity contribution in [1.29, 1.82) is 5.26 Å². The molecule has 0 atom stereocenters. The van der Waals surface area contributed by atoms with Gasteiger partial charge in [0.1, 0.15) is 6.07 Å². The lowest BCUT2D eigenvalue weighted by atomic mass is 10.1. The molecule has 120 valence electrons. The average Bonchev–Trinajstić information content (AvgIpc) is 3.22. The van der Waals surface area contributed by atoms with Crippen LogP contribution in [0.2, 0.25) is 0 Å². The minimum Gasteiger partial charge on any atom is -0.335 e. The Morgan fingerprint density at radius 3 is 2.71 bits per heavy atom. The molecule has 0 unspecified atom stereocenters. The summed E-state index contributed by atoms with van der Waals surface area (Å²) >= 11 is 3.62. The number of benzene rings is 1. The lowest BCUT2D eigenvalue weighted by molar-refractivity contribution is 0.539. The highest BCUT2D eigenvalue weighted by atomic mass is 79.9. The summed E-state index contributed by atoms with van der Waals surface area (Å²) in [5, 5.41) is 10.9. The zero-order valence-corrected chi connectivity index (χ0v) is 15.2. The zero-order chi connectivity index (χ0) is 16.7. The maximum atomic E-state index is 9.89. The van der Waals surface area contributed by atoms with Crippen LogP contribution >= 0.6 is 15.9 Å². The van der Waals surface area contributed by atoms with Gasteiger partial charge in [0.2, 0.25) is 0 Å². The SMILES string of the molecule is Cc1cc2c(cc1Br)c(C#N)c(-c1ccccn1)n2C1CCCC1. The van der Waals surface area contributed by atoms with Gasteiger partial charge in [-0.1, -0.05) is 34.8 Å². The van der Waals surface area contributed by atoms with E-state index in [0.717, 1.165) is 32.3 Å². The number of aryl methyl sites for hydroxylation is 1. The zero-order valence-electron chi connectivity index (χ0n) is 13.6. The molecule has 4 rings (SSSR count). The largest absolute Gasteiger partial charge is 0.335 e. The van der Waals surface area contributed by atoms with E-state index in [-0.39, 0.29) is 0 Å². The molecule has 3 aromatic rings. The van der Waals surface area contributed by atoms with Gasteiger partial charge in [-0.15, -0.1) is 0 Å². The van der Waals surface area contributed by atoms with Gasteiger partial charge >= 0.3 is 0 Å². The Bertz CT molecular complexity index is 945. The molecule has 0 saturated heterocycles. The van der Waals surface area contributed by atoms with E-state index in [0.29, 0.717) is 6.04 Å². The predicted molar refractivity (Wildman–Crippen MR) is 99.8 cm³/mol. The third kappa shape index (κ3) is 2.35. The maximum Gasteiger partial charge on any atom is 0.102 e. The van der Waals surface area contributed by atoms with Crippen LogP contribution in [0, 0.1) is 18.3 Å². The second-order valence-electron chi connectivity index (χ2n) is 6.48. The van der Waals surface area contributed by atoms with Crippen LogP contribution in [0.1, 0.15) is 42.9 Å². The Morgan fingerprint density at radius 1 is 1.25 bits per heavy atom. The van der Waals surface area contributed by atoms with Gasteiger partial charge in [-0.25, -0.2) is 0 Å². The molecule has 24 heavy (non-hydrogen) atoms. The van der Waals surface area contributed by atoms with Crippen LogP contribution in [0.4, 0.5) is 0 Å². The van der Waals surface area contributed by atoms with E-state index in [2.05, 4.69) is 50.6 Å². The summed E-state index contributed by atoms with van der Waals surface area (Å²) in [6.07, 6.45) is 6.65. The number of hydrogen-bond acceptors (Lipinski definition) is 2. The molecule has 2 aromatic heterocycles. The monoisotopic (exact) mass is 379 g/mol. The normalized spacial score (nSPS) is 15.0. The molecule has 3 nitrogen and oxygen atoms in total. The van der Waals surface area contributed by atoms with Crippen molar-refractivity contribution < 1.29 is 0 Å². The van der Waals surface area contributed by atoms with Gasteiger partial charge < -0.3 is 4.57 Å². The van der Waals surface area contributed by atoms with Crippen LogP contribution in [-0.4, -0.2) is 9.55 Å². The third-order valence-corrected chi connectivity index (χ3v) is 5.85. The van der Waals surface area contributed by atoms with Crippen LogP contribution in [0.25, 0.3) is 22.3 Å². The molecule has 1 aliphatic rings. The molecule has 1 aromatic carbocycles. The Balaban J connectivity index is 2.12. The van der Waals surface area contributed by atoms with Crippen molar-refractivity contribution in [2.24, 2.45) is 0 Å². The number of hydrogen-bond donors (Lipinski definition) is 0. The summed E-state index contributed by atoms with van der Waals surface area (Å²) in [5.41, 5.74) is 4.93. The minimum atomic E-state index is 0.451. The summed E-state index contributed by atoms with van der Waals surface area (Å²) in [6.45, 7) is 2.10. The van der Waals surface area contributed by atoms with E-state index in [1.807, 2.05) is 18.2 Å². The molecule has 1 aliphatic carbocycles. The van der Waals surface area contributed by atoms with Crippen LogP contribution < -0.4 is 0 Å². The minimum absolute atomic E-state index is 0.451. The summed E-state index contributed by atoms with van der Waals surface area (Å²) < 4.78 is 3.42. The van der Waals surface area contributed by atoms with Gasteiger partial charge in [-0.3, -0.25) is 4.98 Å². The highest BCUT2D eigenvalue weighted by molar-refractivity contribution is 9.10. The summed E-state index contributed by atoms with van der Waals surface area (Å²) in [6, 6.07) is 13.1. The number of rotatable bonds is 2. The lowest BCUT2D eigenvalue weighted by Gasteiger charge is -2.18. The summed E-state index contributed by atoms with van der Waals surface area (Å²) in [5.74, 6) is 0. The van der Waals surface area contributed by atoms with Crippen molar-refractivity contribution >= 4 is 26.8 Å². The van der Waals surface area contributed by atoms with Crippen molar-refractivity contribution in [1.82, 2.24) is 9.55 Å². The Labute approximate surface area is 150 Å². The number of pyridine rings is 1. The Morgan fingerprint density at radius 2 is 2.04 bits per heavy atom. The molecule has 0 N–H and O–H groups in total. The first-order valence-corrected chi connectivity index (χ1v) is 9.15. The van der Waals surface area contributed by atoms with Crippen LogP contribution in [0.5, 0.6) is 0 Å². The quantitative estimate of drug-likeness (QED) is 0.567. The number of aromatic nitrogens is 2. The molecular formula is C20H18BrN3. The number of nitriles is 1. The summed E-state index contributed by atoms with van der Waals surface area (Å²) in [7, 11) is 0. The topological polar surface area (TPSA) is 41.6 Å². The van der Waals surface area contributed by atoms with Crippen LogP contribution in [-0.2, 0) is 0 Å². The second-order valence-corrected chi connectivity index (χ2v) is 7.33. The van der Waals surface area contributed by atoms with Gasteiger partial charge in [-0.05, 0) is 49.6 Å². The van der Waals surface area contributed by atoms with E-state index >= 15 is 0 Å². The molecule has 4 heteroatoms. The van der Waals surface area contributed by atoms with E-state index in [1.165, 1.54) is 31.2 Å². The van der Waals surface area contributed by atoms with Gasteiger partial charge in [0, 0.05) is 22.1 Å². The van der Waals surface area contributed by atoms with Crippen LogP contribution in [0.3, 0.4) is 0 Å². The third-order valence-electron chi connectivity index (χ3n) is 4.99. The van der Waals surface area contributed by atoms with E-state index in [1.54, 1.807) is 6.20 Å². The molecule has 0 radical (unpaired) electrons. The van der Waals surface area contributed by atoms with Crippen molar-refractivity contribution in [2.45, 2.75) is 38.6 Å². The molecular weight excluding hydrogens is 362 g/mol. The smallest absolute Gasteiger partial charge is 0.102 e. The first-order chi connectivity index (χ1) is 11.7. The Hall–Kier alpha value is -2.12. The fourth-order valence-corrected chi connectivity index (χ4v) is 4.19. The van der Waals surface area contributed by atoms with Crippen molar-refractivity contribution in [3.8, 4) is 17.5 Å². The fourth-order valence-electron chi connectivity index (χ4n) is 3.84. The molecule has 1 saturated carbocycles. The second kappa shape index (κ2) is 6.07. The summed E-state index contributed by atoms with van der Waals surface area (Å²) in [4.78, 5) is 4.55. The molecule has 1 fully saturated rings. The highest BCUT2D eigenvalue weighted by Gasteiger charge is 2.27. The van der Waals surface area contributed by atoms with Crippen molar-refractivity contribution in [3.05, 3.63) is 52.1 Å². The van der Waals surface area contributed by atoms with Gasteiger partial charge in [0.05, 0.1) is 22.5 Å². The molecule has 0 aliphatic heterocycles. The van der Waals surface area contributed by atoms with Gasteiger partial charge in [0.25, 0.3) is 0 Å². The maximum absolute atomic E-state index is 9.89. The fraction of sp³-hybridized carbons (Fsp3) is 0.300. The molecule has 2 heterocycles.